The number of carboxylic acid groups (broad SMARTS) is 1. The number of rotatable bonds is 2. The Morgan fingerprint density at radius 1 is 1.35 bits per heavy atom. The Morgan fingerprint density at radius 2 is 2.15 bits per heavy atom. The molecule has 0 unspecified atom stereocenters. The van der Waals surface area contributed by atoms with E-state index in [2.05, 4.69) is 11.1 Å². The number of carbonyl (C=O) groups is 1. The Kier molecular flexibility index (Phi) is 3.02. The number of hydrogen-bond donors (Lipinski definition) is 2. The van der Waals surface area contributed by atoms with E-state index >= 15 is 0 Å². The summed E-state index contributed by atoms with van der Waals surface area (Å²) in [7, 11) is 0. The number of fused-ring (bicyclic) bond motifs is 1. The molecule has 0 fully saturated rings. The number of carboxylic acids is 1. The monoisotopic (exact) mass is 269 g/mol. The summed E-state index contributed by atoms with van der Waals surface area (Å²) >= 11 is 0. The highest BCUT2D eigenvalue weighted by atomic mass is 16.4. The first kappa shape index (κ1) is 12.5. The minimum Gasteiger partial charge on any atom is -0.478 e. The van der Waals surface area contributed by atoms with E-state index in [0.717, 1.165) is 25.1 Å². The van der Waals surface area contributed by atoms with Crippen LogP contribution in [-0.4, -0.2) is 22.6 Å². The summed E-state index contributed by atoms with van der Waals surface area (Å²) in [6, 6.07) is 9.48. The van der Waals surface area contributed by atoms with Crippen LogP contribution in [0.1, 0.15) is 22.3 Å². The number of nitrogens with zero attached hydrogens (tertiary/aromatic N) is 2. The fraction of sp³-hybridized carbons (Fsp3) is 0.200. The summed E-state index contributed by atoms with van der Waals surface area (Å²) in [4.78, 5) is 17.6. The molecule has 0 radical (unpaired) electrons. The first-order valence-corrected chi connectivity index (χ1v) is 6.51. The highest BCUT2D eigenvalue weighted by Gasteiger charge is 2.23. The van der Waals surface area contributed by atoms with Crippen LogP contribution < -0.4 is 10.6 Å². The molecule has 0 saturated carbocycles. The molecule has 1 aliphatic heterocycles. The average molecular weight is 269 g/mol. The molecule has 1 aromatic heterocycles. The number of aryl methyl sites for hydroxylation is 1. The fourth-order valence-electron chi connectivity index (χ4n) is 2.60. The van der Waals surface area contributed by atoms with Crippen LogP contribution in [0.2, 0.25) is 0 Å². The first-order valence-electron chi connectivity index (χ1n) is 6.51. The van der Waals surface area contributed by atoms with Gasteiger partial charge in [0.15, 0.2) is 0 Å². The smallest absolute Gasteiger partial charge is 0.339 e. The van der Waals surface area contributed by atoms with Crippen molar-refractivity contribution in [2.45, 2.75) is 12.8 Å². The highest BCUT2D eigenvalue weighted by Crippen LogP contribution is 2.34. The summed E-state index contributed by atoms with van der Waals surface area (Å²) in [5.41, 5.74) is 8.39. The van der Waals surface area contributed by atoms with Crippen molar-refractivity contribution in [2.75, 3.05) is 17.2 Å². The molecule has 0 saturated heterocycles. The summed E-state index contributed by atoms with van der Waals surface area (Å²) in [6.07, 6.45) is 3.48. The number of pyridine rings is 1. The van der Waals surface area contributed by atoms with Crippen molar-refractivity contribution < 1.29 is 9.90 Å². The van der Waals surface area contributed by atoms with Gasteiger partial charge in [-0.25, -0.2) is 9.78 Å². The Balaban J connectivity index is 2.13. The van der Waals surface area contributed by atoms with E-state index in [4.69, 9.17) is 5.73 Å². The van der Waals surface area contributed by atoms with Gasteiger partial charge in [-0.05, 0) is 30.5 Å². The third-order valence-corrected chi connectivity index (χ3v) is 3.48. The fourth-order valence-corrected chi connectivity index (χ4v) is 2.60. The molecule has 0 atom stereocenters. The topological polar surface area (TPSA) is 79.5 Å². The SMILES string of the molecule is Nc1cnc(N2CCCc3ccccc32)c(C(=O)O)c1. The third kappa shape index (κ3) is 2.07. The molecule has 0 amide bonds. The van der Waals surface area contributed by atoms with Gasteiger partial charge >= 0.3 is 5.97 Å². The first-order chi connectivity index (χ1) is 9.66. The van der Waals surface area contributed by atoms with Gasteiger partial charge in [0.1, 0.15) is 11.4 Å². The van der Waals surface area contributed by atoms with Crippen LogP contribution >= 0.6 is 0 Å². The Labute approximate surface area is 116 Å². The lowest BCUT2D eigenvalue weighted by molar-refractivity contribution is 0.0697. The van der Waals surface area contributed by atoms with E-state index in [-0.39, 0.29) is 5.56 Å². The van der Waals surface area contributed by atoms with Crippen LogP contribution in [0.5, 0.6) is 0 Å². The van der Waals surface area contributed by atoms with E-state index in [0.29, 0.717) is 11.5 Å². The number of hydrogen-bond acceptors (Lipinski definition) is 4. The average Bonchev–Trinajstić information content (AvgIpc) is 2.46. The van der Waals surface area contributed by atoms with E-state index in [1.54, 1.807) is 0 Å². The molecule has 20 heavy (non-hydrogen) atoms. The number of aromatic carboxylic acids is 1. The molecule has 3 rings (SSSR count). The van der Waals surface area contributed by atoms with E-state index in [9.17, 15) is 9.90 Å². The Bertz CT molecular complexity index is 670. The van der Waals surface area contributed by atoms with Crippen molar-refractivity contribution in [1.82, 2.24) is 4.98 Å². The van der Waals surface area contributed by atoms with Crippen molar-refractivity contribution in [1.29, 1.82) is 0 Å². The standard InChI is InChI=1S/C15H15N3O2/c16-11-8-12(15(19)20)14(17-9-11)18-7-3-5-10-4-1-2-6-13(10)18/h1-2,4,6,8-9H,3,5,7,16H2,(H,19,20). The maximum absolute atomic E-state index is 11.4. The largest absolute Gasteiger partial charge is 0.478 e. The van der Waals surface area contributed by atoms with Crippen LogP contribution in [-0.2, 0) is 6.42 Å². The number of benzene rings is 1. The molecule has 0 aliphatic carbocycles. The zero-order valence-electron chi connectivity index (χ0n) is 10.9. The van der Waals surface area contributed by atoms with Gasteiger partial charge in [-0.2, -0.15) is 0 Å². The van der Waals surface area contributed by atoms with Crippen LogP contribution in [0.15, 0.2) is 36.5 Å². The van der Waals surface area contributed by atoms with Crippen molar-refractivity contribution in [3.63, 3.8) is 0 Å². The summed E-state index contributed by atoms with van der Waals surface area (Å²) in [5, 5.41) is 9.35. The van der Waals surface area contributed by atoms with Crippen molar-refractivity contribution in [2.24, 2.45) is 0 Å². The summed E-state index contributed by atoms with van der Waals surface area (Å²) in [6.45, 7) is 0.758. The molecule has 0 spiro atoms. The second-order valence-electron chi connectivity index (χ2n) is 4.83. The number of nitrogens with two attached hydrogens (primary N) is 1. The summed E-state index contributed by atoms with van der Waals surface area (Å²) < 4.78 is 0. The van der Waals surface area contributed by atoms with Gasteiger partial charge in [0.25, 0.3) is 0 Å². The lowest BCUT2D eigenvalue weighted by atomic mass is 10.0. The third-order valence-electron chi connectivity index (χ3n) is 3.48. The number of nitrogen functional groups attached to an aromatic ring is 1. The maximum atomic E-state index is 11.4. The quantitative estimate of drug-likeness (QED) is 0.875. The van der Waals surface area contributed by atoms with Gasteiger partial charge in [-0.15, -0.1) is 0 Å². The minimum atomic E-state index is -1.01. The summed E-state index contributed by atoms with van der Waals surface area (Å²) in [5.74, 6) is -0.554. The minimum absolute atomic E-state index is 0.140. The van der Waals surface area contributed by atoms with Crippen LogP contribution in [0, 0.1) is 0 Å². The molecule has 2 aromatic rings. The predicted octanol–water partition coefficient (Wildman–Crippen LogP) is 2.45. The Morgan fingerprint density at radius 3 is 2.95 bits per heavy atom. The van der Waals surface area contributed by atoms with Gasteiger partial charge in [0.05, 0.1) is 11.9 Å². The lowest BCUT2D eigenvalue weighted by Crippen LogP contribution is -2.27. The van der Waals surface area contributed by atoms with Gasteiger partial charge < -0.3 is 15.7 Å². The zero-order valence-corrected chi connectivity index (χ0v) is 10.9. The number of aromatic nitrogens is 1. The second kappa shape index (κ2) is 4.85. The van der Waals surface area contributed by atoms with E-state index in [1.165, 1.54) is 17.8 Å². The molecule has 5 heteroatoms. The predicted molar refractivity (Wildman–Crippen MR) is 77.4 cm³/mol. The van der Waals surface area contributed by atoms with Gasteiger partial charge in [0, 0.05) is 12.2 Å². The molecule has 0 bridgehead atoms. The van der Waals surface area contributed by atoms with Crippen LogP contribution in [0.25, 0.3) is 0 Å². The van der Waals surface area contributed by atoms with E-state index < -0.39 is 5.97 Å². The molecule has 1 aliphatic rings. The number of para-hydroxylation sites is 1. The van der Waals surface area contributed by atoms with Gasteiger partial charge in [-0.3, -0.25) is 0 Å². The number of anilines is 3. The zero-order chi connectivity index (χ0) is 14.1. The van der Waals surface area contributed by atoms with Crippen LogP contribution in [0.3, 0.4) is 0 Å². The van der Waals surface area contributed by atoms with Gasteiger partial charge in [0.2, 0.25) is 0 Å². The van der Waals surface area contributed by atoms with Crippen molar-refractivity contribution >= 4 is 23.2 Å². The lowest BCUT2D eigenvalue weighted by Gasteiger charge is -2.31. The molecule has 1 aromatic carbocycles. The molecule has 5 nitrogen and oxygen atoms in total. The normalized spacial score (nSPS) is 13.9. The van der Waals surface area contributed by atoms with Crippen molar-refractivity contribution in [3.05, 3.63) is 47.7 Å². The molecule has 2 heterocycles. The maximum Gasteiger partial charge on any atom is 0.339 e. The van der Waals surface area contributed by atoms with Crippen LogP contribution in [0.4, 0.5) is 17.2 Å². The molecular weight excluding hydrogens is 254 g/mol. The molecule has 3 N–H and O–H groups in total. The van der Waals surface area contributed by atoms with Crippen molar-refractivity contribution in [3.8, 4) is 0 Å². The molecule has 102 valence electrons. The highest BCUT2D eigenvalue weighted by molar-refractivity contribution is 5.95. The van der Waals surface area contributed by atoms with E-state index in [1.807, 2.05) is 23.1 Å². The molecular formula is C15H15N3O2. The Hall–Kier alpha value is -2.56. The van der Waals surface area contributed by atoms with Gasteiger partial charge in [-0.1, -0.05) is 18.2 Å². The second-order valence-corrected chi connectivity index (χ2v) is 4.83.